The van der Waals surface area contributed by atoms with Crippen LogP contribution in [0, 0.1) is 0 Å². The van der Waals surface area contributed by atoms with Crippen LogP contribution in [0.2, 0.25) is 0 Å². The Balaban J connectivity index is 2.56. The van der Waals surface area contributed by atoms with Crippen LogP contribution in [0.4, 0.5) is 5.82 Å². The summed E-state index contributed by atoms with van der Waals surface area (Å²) in [5.41, 5.74) is 7.28. The highest BCUT2D eigenvalue weighted by Crippen LogP contribution is 2.36. The molecule has 0 aliphatic rings. The van der Waals surface area contributed by atoms with Crippen molar-refractivity contribution in [3.8, 4) is 22.8 Å². The Bertz CT molecular complexity index is 566. The van der Waals surface area contributed by atoms with Gasteiger partial charge in [0, 0.05) is 18.7 Å². The first kappa shape index (κ1) is 13.2. The van der Waals surface area contributed by atoms with E-state index in [2.05, 4.69) is 5.16 Å². The Hall–Kier alpha value is -2.21. The van der Waals surface area contributed by atoms with Crippen LogP contribution in [0.5, 0.6) is 11.5 Å². The number of methoxy groups -OCH3 is 3. The third-order valence-electron chi connectivity index (χ3n) is 2.70. The lowest BCUT2D eigenvalue weighted by Crippen LogP contribution is -1.97. The molecule has 102 valence electrons. The number of hydrogen-bond donors (Lipinski definition) is 1. The summed E-state index contributed by atoms with van der Waals surface area (Å²) < 4.78 is 20.9. The third-order valence-corrected chi connectivity index (χ3v) is 2.70. The molecule has 0 fully saturated rings. The second-order valence-electron chi connectivity index (χ2n) is 3.91. The zero-order valence-corrected chi connectivity index (χ0v) is 11.1. The van der Waals surface area contributed by atoms with Crippen LogP contribution in [0.1, 0.15) is 5.56 Å². The van der Waals surface area contributed by atoms with Gasteiger partial charge in [0.25, 0.3) is 0 Å². The molecule has 2 aromatic rings. The lowest BCUT2D eigenvalue weighted by atomic mass is 10.0. The molecule has 19 heavy (non-hydrogen) atoms. The molecule has 0 amide bonds. The Kier molecular flexibility index (Phi) is 3.91. The molecule has 6 heteroatoms. The van der Waals surface area contributed by atoms with Crippen LogP contribution in [-0.4, -0.2) is 26.5 Å². The summed E-state index contributed by atoms with van der Waals surface area (Å²) in [6.45, 7) is 0.413. The minimum Gasteiger partial charge on any atom is -0.493 e. The molecule has 0 aliphatic carbocycles. The number of aromatic nitrogens is 1. The minimum absolute atomic E-state index is 0.327. The maximum atomic E-state index is 5.57. The summed E-state index contributed by atoms with van der Waals surface area (Å²) in [5.74, 6) is 2.12. The average molecular weight is 264 g/mol. The van der Waals surface area contributed by atoms with E-state index in [1.807, 2.05) is 12.1 Å². The molecule has 0 atom stereocenters. The van der Waals surface area contributed by atoms with Gasteiger partial charge in [-0.05, 0) is 17.7 Å². The van der Waals surface area contributed by atoms with E-state index in [4.69, 9.17) is 24.5 Å². The van der Waals surface area contributed by atoms with Crippen LogP contribution in [-0.2, 0) is 11.3 Å². The van der Waals surface area contributed by atoms with Gasteiger partial charge in [-0.15, -0.1) is 0 Å². The van der Waals surface area contributed by atoms with Gasteiger partial charge in [0.15, 0.2) is 23.1 Å². The van der Waals surface area contributed by atoms with Gasteiger partial charge < -0.3 is 24.5 Å². The molecular weight excluding hydrogens is 248 g/mol. The van der Waals surface area contributed by atoms with E-state index in [-0.39, 0.29) is 0 Å². The first-order valence-corrected chi connectivity index (χ1v) is 5.66. The summed E-state index contributed by atoms with van der Waals surface area (Å²) in [7, 11) is 4.78. The fraction of sp³-hybridized carbons (Fsp3) is 0.308. The fourth-order valence-electron chi connectivity index (χ4n) is 1.84. The van der Waals surface area contributed by atoms with Gasteiger partial charge in [0.2, 0.25) is 0 Å². The van der Waals surface area contributed by atoms with E-state index in [9.17, 15) is 0 Å². The van der Waals surface area contributed by atoms with E-state index in [0.29, 0.717) is 29.7 Å². The predicted octanol–water partition coefficient (Wildman–Crippen LogP) is 2.09. The molecule has 0 aliphatic heterocycles. The molecule has 0 bridgehead atoms. The van der Waals surface area contributed by atoms with E-state index in [1.54, 1.807) is 27.4 Å². The summed E-state index contributed by atoms with van der Waals surface area (Å²) in [6, 6.07) is 5.31. The maximum Gasteiger partial charge on any atom is 0.169 e. The van der Waals surface area contributed by atoms with Crippen molar-refractivity contribution in [2.24, 2.45) is 0 Å². The topological polar surface area (TPSA) is 79.7 Å². The van der Waals surface area contributed by atoms with E-state index >= 15 is 0 Å². The molecule has 0 unspecified atom stereocenters. The maximum absolute atomic E-state index is 5.57. The molecule has 2 N–H and O–H groups in total. The van der Waals surface area contributed by atoms with Crippen LogP contribution in [0.15, 0.2) is 22.7 Å². The van der Waals surface area contributed by atoms with Crippen molar-refractivity contribution in [3.05, 3.63) is 23.8 Å². The minimum atomic E-state index is 0.327. The van der Waals surface area contributed by atoms with Crippen molar-refractivity contribution in [1.29, 1.82) is 0 Å². The Morgan fingerprint density at radius 3 is 2.32 bits per heavy atom. The smallest absolute Gasteiger partial charge is 0.169 e. The number of ether oxygens (including phenoxy) is 3. The molecule has 1 aromatic heterocycles. The molecule has 0 spiro atoms. The molecule has 1 heterocycles. The molecule has 6 nitrogen and oxygen atoms in total. The Morgan fingerprint density at radius 2 is 1.79 bits per heavy atom. The van der Waals surface area contributed by atoms with Crippen molar-refractivity contribution in [2.45, 2.75) is 6.61 Å². The second-order valence-corrected chi connectivity index (χ2v) is 3.91. The molecule has 2 rings (SSSR count). The second kappa shape index (κ2) is 5.62. The monoisotopic (exact) mass is 264 g/mol. The van der Waals surface area contributed by atoms with Crippen molar-refractivity contribution in [1.82, 2.24) is 5.16 Å². The fourth-order valence-corrected chi connectivity index (χ4v) is 1.84. The largest absolute Gasteiger partial charge is 0.493 e. The van der Waals surface area contributed by atoms with Gasteiger partial charge in [-0.1, -0.05) is 5.16 Å². The number of hydrogen-bond acceptors (Lipinski definition) is 6. The first-order valence-electron chi connectivity index (χ1n) is 5.66. The van der Waals surface area contributed by atoms with Gasteiger partial charge >= 0.3 is 0 Å². The first-order chi connectivity index (χ1) is 9.19. The number of nitrogens with zero attached hydrogens (tertiary/aromatic N) is 1. The van der Waals surface area contributed by atoms with Crippen molar-refractivity contribution in [2.75, 3.05) is 27.1 Å². The highest BCUT2D eigenvalue weighted by atomic mass is 16.5. The van der Waals surface area contributed by atoms with E-state index < -0.39 is 0 Å². The normalized spacial score (nSPS) is 10.5. The van der Waals surface area contributed by atoms with E-state index in [0.717, 1.165) is 11.1 Å². The lowest BCUT2D eigenvalue weighted by molar-refractivity contribution is 0.184. The highest BCUT2D eigenvalue weighted by molar-refractivity contribution is 5.68. The molecular formula is C13H16N2O4. The summed E-state index contributed by atoms with van der Waals surface area (Å²) in [6.07, 6.45) is 0. The summed E-state index contributed by atoms with van der Waals surface area (Å²) >= 11 is 0. The quantitative estimate of drug-likeness (QED) is 0.890. The van der Waals surface area contributed by atoms with Crippen LogP contribution < -0.4 is 15.2 Å². The van der Waals surface area contributed by atoms with Gasteiger partial charge in [0.05, 0.1) is 20.8 Å². The van der Waals surface area contributed by atoms with Crippen LogP contribution in [0.3, 0.4) is 0 Å². The zero-order chi connectivity index (χ0) is 13.8. The molecule has 0 radical (unpaired) electrons. The van der Waals surface area contributed by atoms with E-state index in [1.165, 1.54) is 0 Å². The average Bonchev–Trinajstić information content (AvgIpc) is 2.85. The number of nitrogens with two attached hydrogens (primary N) is 1. The van der Waals surface area contributed by atoms with Crippen molar-refractivity contribution in [3.63, 3.8) is 0 Å². The Labute approximate surface area is 111 Å². The molecule has 0 saturated heterocycles. The van der Waals surface area contributed by atoms with Crippen LogP contribution in [0.25, 0.3) is 11.3 Å². The molecule has 1 aromatic carbocycles. The number of benzene rings is 1. The number of nitrogen functional groups attached to an aromatic ring is 1. The van der Waals surface area contributed by atoms with Gasteiger partial charge in [-0.25, -0.2) is 0 Å². The number of anilines is 1. The van der Waals surface area contributed by atoms with Crippen molar-refractivity contribution < 1.29 is 18.7 Å². The summed E-state index contributed by atoms with van der Waals surface area (Å²) in [4.78, 5) is 0. The molecule has 0 saturated carbocycles. The lowest BCUT2D eigenvalue weighted by Gasteiger charge is -2.12. The third kappa shape index (κ3) is 2.63. The Morgan fingerprint density at radius 1 is 1.11 bits per heavy atom. The highest BCUT2D eigenvalue weighted by Gasteiger charge is 2.15. The SMILES string of the molecule is COCc1cc(OC)c(OC)cc1-c1cc(N)no1. The summed E-state index contributed by atoms with van der Waals surface area (Å²) in [5, 5.41) is 3.68. The predicted molar refractivity (Wildman–Crippen MR) is 70.2 cm³/mol. The van der Waals surface area contributed by atoms with Gasteiger partial charge in [-0.3, -0.25) is 0 Å². The zero-order valence-electron chi connectivity index (χ0n) is 11.1. The van der Waals surface area contributed by atoms with Gasteiger partial charge in [0.1, 0.15) is 0 Å². The standard InChI is InChI=1S/C13H16N2O4/c1-16-7-8-4-11(17-2)12(18-3)5-9(8)10-6-13(14)15-19-10/h4-6H,7H2,1-3H3,(H2,14,15). The van der Waals surface area contributed by atoms with Crippen molar-refractivity contribution >= 4 is 5.82 Å². The van der Waals surface area contributed by atoms with Crippen LogP contribution >= 0.6 is 0 Å². The van der Waals surface area contributed by atoms with Gasteiger partial charge in [-0.2, -0.15) is 0 Å². The number of rotatable bonds is 5.